The second kappa shape index (κ2) is 11.2. The Hall–Kier alpha value is -2.28. The van der Waals surface area contributed by atoms with E-state index in [4.69, 9.17) is 0 Å². The molecular weight excluding hydrogens is 438 g/mol. The van der Waals surface area contributed by atoms with Gasteiger partial charge in [0.25, 0.3) is 0 Å². The molecule has 0 aliphatic heterocycles. The highest BCUT2D eigenvalue weighted by atomic mass is 16.4. The third-order valence-electron chi connectivity index (χ3n) is 7.22. The largest absolute Gasteiger partial charge is 0.481 e. The lowest BCUT2D eigenvalue weighted by molar-refractivity contribution is -0.138. The number of hydrogen-bond acceptors (Lipinski definition) is 5. The molecule has 7 heteroatoms. The van der Waals surface area contributed by atoms with Gasteiger partial charge in [-0.25, -0.2) is 4.68 Å². The normalized spacial score (nSPS) is 17.5. The summed E-state index contributed by atoms with van der Waals surface area (Å²) in [5, 5.41) is 26.6. The molecule has 1 saturated carbocycles. The molecule has 1 heterocycles. The molecule has 0 radical (unpaired) electrons. The number of aliphatic carboxylic acids is 1. The summed E-state index contributed by atoms with van der Waals surface area (Å²) in [6.07, 6.45) is 6.67. The summed E-state index contributed by atoms with van der Waals surface area (Å²) in [7, 11) is 0. The molecule has 0 saturated heterocycles. The van der Waals surface area contributed by atoms with Crippen LogP contribution in [0.1, 0.15) is 122 Å². The van der Waals surface area contributed by atoms with Gasteiger partial charge in [-0.3, -0.25) is 10.1 Å². The Labute approximate surface area is 211 Å². The van der Waals surface area contributed by atoms with Gasteiger partial charge in [0, 0.05) is 6.04 Å². The van der Waals surface area contributed by atoms with Gasteiger partial charge in [0.05, 0.1) is 18.0 Å². The Kier molecular flexibility index (Phi) is 8.73. The lowest BCUT2D eigenvalue weighted by Gasteiger charge is -2.36. The minimum atomic E-state index is -0.769. The van der Waals surface area contributed by atoms with Gasteiger partial charge in [-0.1, -0.05) is 78.1 Å². The first kappa shape index (κ1) is 27.3. The molecule has 7 nitrogen and oxygen atoms in total. The monoisotopic (exact) mass is 483 g/mol. The highest BCUT2D eigenvalue weighted by Gasteiger charge is 2.36. The van der Waals surface area contributed by atoms with E-state index in [1.54, 1.807) is 0 Å². The topological polar surface area (TPSA) is 92.9 Å². The molecule has 0 spiro atoms. The summed E-state index contributed by atoms with van der Waals surface area (Å²) in [5.41, 5.74) is 2.13. The fraction of sp³-hybridized carbons (Fsp3) is 0.714. The van der Waals surface area contributed by atoms with Crippen molar-refractivity contribution in [3.05, 3.63) is 41.2 Å². The summed E-state index contributed by atoms with van der Waals surface area (Å²) >= 11 is 0. The predicted octanol–water partition coefficient (Wildman–Crippen LogP) is 6.07. The van der Waals surface area contributed by atoms with Crippen molar-refractivity contribution in [1.82, 2.24) is 25.5 Å². The molecule has 0 amide bonds. The van der Waals surface area contributed by atoms with Crippen LogP contribution in [-0.2, 0) is 10.3 Å². The number of tetrazole rings is 1. The van der Waals surface area contributed by atoms with Crippen LogP contribution in [0.4, 0.5) is 0 Å². The van der Waals surface area contributed by atoms with Crippen LogP contribution in [-0.4, -0.2) is 37.3 Å². The standard InChI is InChI=1S/C28H45N5O2/c1-19(2)20-13-15-22(16-14-20)25(29-23(17-24(34)35)21-11-9-8-10-12-21)26-30-31-32-33(26)28(6,7)18-27(3,4)5/h13-16,19,21,23,25,29H,8-12,17-18H2,1-7H3,(H,34,35). The van der Waals surface area contributed by atoms with Crippen LogP contribution >= 0.6 is 0 Å². The summed E-state index contributed by atoms with van der Waals surface area (Å²) in [4.78, 5) is 11.9. The van der Waals surface area contributed by atoms with E-state index in [9.17, 15) is 9.90 Å². The molecule has 1 fully saturated rings. The summed E-state index contributed by atoms with van der Waals surface area (Å²) < 4.78 is 1.95. The Morgan fingerprint density at radius 2 is 1.66 bits per heavy atom. The quantitative estimate of drug-likeness (QED) is 0.426. The fourth-order valence-corrected chi connectivity index (χ4v) is 5.87. The first-order valence-electron chi connectivity index (χ1n) is 13.2. The van der Waals surface area contributed by atoms with Crippen molar-refractivity contribution in [3.8, 4) is 0 Å². The Morgan fingerprint density at radius 3 is 2.20 bits per heavy atom. The van der Waals surface area contributed by atoms with Gasteiger partial charge in [0.2, 0.25) is 0 Å². The van der Waals surface area contributed by atoms with Crippen molar-refractivity contribution in [2.24, 2.45) is 11.3 Å². The molecule has 1 aliphatic rings. The van der Waals surface area contributed by atoms with Crippen LogP contribution in [0, 0.1) is 11.3 Å². The minimum absolute atomic E-state index is 0.0954. The second-order valence-corrected chi connectivity index (χ2v) is 12.5. The molecule has 0 bridgehead atoms. The van der Waals surface area contributed by atoms with Crippen LogP contribution in [0.5, 0.6) is 0 Å². The lowest BCUT2D eigenvalue weighted by Crippen LogP contribution is -2.43. The van der Waals surface area contributed by atoms with Gasteiger partial charge >= 0.3 is 5.97 Å². The number of nitrogens with one attached hydrogen (secondary N) is 1. The van der Waals surface area contributed by atoms with Crippen molar-refractivity contribution in [2.75, 3.05) is 0 Å². The molecule has 2 atom stereocenters. The van der Waals surface area contributed by atoms with E-state index in [-0.39, 0.29) is 29.5 Å². The number of carboxylic acid groups (broad SMARTS) is 1. The van der Waals surface area contributed by atoms with Crippen molar-refractivity contribution in [1.29, 1.82) is 0 Å². The zero-order valence-corrected chi connectivity index (χ0v) is 22.7. The molecule has 1 aliphatic carbocycles. The maximum Gasteiger partial charge on any atom is 0.304 e. The number of rotatable bonds is 10. The summed E-state index contributed by atoms with van der Waals surface area (Å²) in [6, 6.07) is 8.17. The zero-order valence-electron chi connectivity index (χ0n) is 22.7. The zero-order chi connectivity index (χ0) is 25.8. The Balaban J connectivity index is 2.04. The minimum Gasteiger partial charge on any atom is -0.481 e. The van der Waals surface area contributed by atoms with Crippen molar-refractivity contribution >= 4 is 5.97 Å². The van der Waals surface area contributed by atoms with Gasteiger partial charge in [-0.05, 0) is 71.9 Å². The van der Waals surface area contributed by atoms with Crippen LogP contribution in [0.2, 0.25) is 0 Å². The fourth-order valence-electron chi connectivity index (χ4n) is 5.87. The number of nitrogens with zero attached hydrogens (tertiary/aromatic N) is 4. The predicted molar refractivity (Wildman–Crippen MR) is 139 cm³/mol. The van der Waals surface area contributed by atoms with E-state index in [0.717, 1.165) is 43.5 Å². The van der Waals surface area contributed by atoms with Crippen LogP contribution in [0.3, 0.4) is 0 Å². The molecule has 1 aromatic heterocycles. The second-order valence-electron chi connectivity index (χ2n) is 12.5. The van der Waals surface area contributed by atoms with E-state index >= 15 is 0 Å². The van der Waals surface area contributed by atoms with Gasteiger partial charge in [0.1, 0.15) is 0 Å². The number of benzene rings is 1. The van der Waals surface area contributed by atoms with Crippen LogP contribution < -0.4 is 5.32 Å². The number of carbonyl (C=O) groups is 1. The molecule has 2 aromatic rings. The van der Waals surface area contributed by atoms with Gasteiger partial charge in [-0.2, -0.15) is 0 Å². The van der Waals surface area contributed by atoms with Crippen LogP contribution in [0.25, 0.3) is 0 Å². The third kappa shape index (κ3) is 7.35. The van der Waals surface area contributed by atoms with Gasteiger partial charge in [0.15, 0.2) is 5.82 Å². The first-order valence-corrected chi connectivity index (χ1v) is 13.2. The molecule has 2 N–H and O–H groups in total. The third-order valence-corrected chi connectivity index (χ3v) is 7.22. The smallest absolute Gasteiger partial charge is 0.304 e. The van der Waals surface area contributed by atoms with Crippen molar-refractivity contribution < 1.29 is 9.90 Å². The van der Waals surface area contributed by atoms with E-state index < -0.39 is 5.97 Å². The van der Waals surface area contributed by atoms with E-state index in [0.29, 0.717) is 11.8 Å². The number of hydrogen-bond donors (Lipinski definition) is 2. The molecule has 35 heavy (non-hydrogen) atoms. The first-order chi connectivity index (χ1) is 16.4. The Bertz CT molecular complexity index is 952. The van der Waals surface area contributed by atoms with E-state index in [2.05, 4.69) is 93.6 Å². The molecule has 3 rings (SSSR count). The average molecular weight is 484 g/mol. The summed E-state index contributed by atoms with van der Waals surface area (Å²) in [6.45, 7) is 15.4. The van der Waals surface area contributed by atoms with E-state index in [1.165, 1.54) is 12.0 Å². The highest BCUT2D eigenvalue weighted by Crippen LogP contribution is 2.35. The maximum atomic E-state index is 11.9. The SMILES string of the molecule is CC(C)c1ccc(C(NC(CC(=O)O)C2CCCCC2)c2nnnn2C(C)(C)CC(C)(C)C)cc1. The molecule has 1 aromatic carbocycles. The Morgan fingerprint density at radius 1 is 1.06 bits per heavy atom. The number of aromatic nitrogens is 4. The molecule has 194 valence electrons. The summed E-state index contributed by atoms with van der Waals surface area (Å²) in [5.74, 6) is 0.745. The van der Waals surface area contributed by atoms with Crippen molar-refractivity contribution in [2.45, 2.75) is 117 Å². The molecular formula is C28H45N5O2. The van der Waals surface area contributed by atoms with Gasteiger partial charge in [-0.15, -0.1) is 5.10 Å². The van der Waals surface area contributed by atoms with E-state index in [1.807, 2.05) is 4.68 Å². The lowest BCUT2D eigenvalue weighted by atomic mass is 9.81. The number of carboxylic acids is 1. The van der Waals surface area contributed by atoms with Crippen LogP contribution in [0.15, 0.2) is 24.3 Å². The molecule has 2 unspecified atom stereocenters. The van der Waals surface area contributed by atoms with Gasteiger partial charge < -0.3 is 5.11 Å². The van der Waals surface area contributed by atoms with Crippen molar-refractivity contribution in [3.63, 3.8) is 0 Å². The maximum absolute atomic E-state index is 11.9. The average Bonchev–Trinajstić information content (AvgIpc) is 3.26. The highest BCUT2D eigenvalue weighted by molar-refractivity contribution is 5.67.